The maximum Gasteiger partial charge on any atom is 0.319 e. The second kappa shape index (κ2) is 17.9. The molecule has 0 aliphatic carbocycles. The molecule has 15 heteroatoms. The van der Waals surface area contributed by atoms with Crippen LogP contribution in [0.2, 0.25) is 0 Å². The monoisotopic (exact) mass is 797 g/mol. The second-order valence-electron chi connectivity index (χ2n) is 16.2. The number of amides is 7. The lowest BCUT2D eigenvalue weighted by Gasteiger charge is -2.41. The fourth-order valence-electron chi connectivity index (χ4n) is 8.51. The molecule has 0 spiro atoms. The SMILES string of the molecule is C=C1CN2C(=O)[C@H](C)NC(=O)[C@@H]3CCCCN3C(=O)[C@@H]3CCCN3C(=O)[C@@H](NC(=O)[C@H](Cc3cccc(C)c3)NC(=O)Nc3ccc(C)cc3)[C@H](C)OCC2(C=O)C1. The maximum atomic E-state index is 14.8. The number of hydrogen-bond acceptors (Lipinski definition) is 8. The molecule has 1 unspecified atom stereocenters. The Kier molecular flexibility index (Phi) is 13.0. The molecule has 7 atom stereocenters. The largest absolute Gasteiger partial charge is 0.373 e. The number of nitrogens with zero attached hydrogens (tertiary/aromatic N) is 3. The van der Waals surface area contributed by atoms with Crippen molar-refractivity contribution in [3.8, 4) is 0 Å². The molecule has 0 bridgehead atoms. The van der Waals surface area contributed by atoms with Crippen molar-refractivity contribution in [2.45, 2.75) is 114 Å². The summed E-state index contributed by atoms with van der Waals surface area (Å²) < 4.78 is 6.32. The van der Waals surface area contributed by atoms with Crippen molar-refractivity contribution in [2.24, 2.45) is 0 Å². The number of rotatable bonds is 7. The Morgan fingerprint density at radius 2 is 1.64 bits per heavy atom. The minimum Gasteiger partial charge on any atom is -0.373 e. The van der Waals surface area contributed by atoms with E-state index >= 15 is 0 Å². The van der Waals surface area contributed by atoms with E-state index in [1.165, 1.54) is 14.7 Å². The first-order valence-corrected chi connectivity index (χ1v) is 20.2. The van der Waals surface area contributed by atoms with Crippen molar-refractivity contribution in [1.82, 2.24) is 30.7 Å². The van der Waals surface area contributed by atoms with Crippen LogP contribution in [-0.4, -0.2) is 125 Å². The van der Waals surface area contributed by atoms with Crippen LogP contribution in [0.5, 0.6) is 0 Å². The zero-order valence-corrected chi connectivity index (χ0v) is 33.8. The summed E-state index contributed by atoms with van der Waals surface area (Å²) in [4.78, 5) is 102. The van der Waals surface area contributed by atoms with Crippen molar-refractivity contribution in [3.63, 3.8) is 0 Å². The molecule has 4 heterocycles. The van der Waals surface area contributed by atoms with Gasteiger partial charge in [0.25, 0.3) is 0 Å². The third-order valence-corrected chi connectivity index (χ3v) is 11.7. The van der Waals surface area contributed by atoms with Gasteiger partial charge in [-0.3, -0.25) is 24.0 Å². The van der Waals surface area contributed by atoms with Crippen molar-refractivity contribution in [1.29, 1.82) is 0 Å². The fourth-order valence-corrected chi connectivity index (χ4v) is 8.51. The van der Waals surface area contributed by atoms with Gasteiger partial charge in [-0.25, -0.2) is 4.79 Å². The summed E-state index contributed by atoms with van der Waals surface area (Å²) >= 11 is 0. The normalized spacial score (nSPS) is 27.6. The molecule has 4 N–H and O–H groups in total. The predicted molar refractivity (Wildman–Crippen MR) is 215 cm³/mol. The first kappa shape index (κ1) is 42.0. The third-order valence-electron chi connectivity index (χ3n) is 11.7. The predicted octanol–water partition coefficient (Wildman–Crippen LogP) is 2.54. The van der Waals surface area contributed by atoms with Crippen LogP contribution in [-0.2, 0) is 39.9 Å². The van der Waals surface area contributed by atoms with Gasteiger partial charge in [-0.1, -0.05) is 59.7 Å². The fraction of sp³-hybridized carbons (Fsp3) is 0.512. The van der Waals surface area contributed by atoms with Gasteiger partial charge in [0.1, 0.15) is 42.0 Å². The molecule has 4 aliphatic heterocycles. The van der Waals surface area contributed by atoms with E-state index in [1.807, 2.05) is 50.2 Å². The molecular formula is C43H55N7O8. The van der Waals surface area contributed by atoms with Crippen LogP contribution in [0.3, 0.4) is 0 Å². The van der Waals surface area contributed by atoms with Gasteiger partial charge < -0.3 is 45.5 Å². The van der Waals surface area contributed by atoms with Gasteiger partial charge >= 0.3 is 6.03 Å². The lowest BCUT2D eigenvalue weighted by atomic mass is 9.96. The molecule has 7 amide bonds. The van der Waals surface area contributed by atoms with E-state index in [4.69, 9.17) is 4.74 Å². The Labute approximate surface area is 339 Å². The molecule has 4 fully saturated rings. The average Bonchev–Trinajstić information content (AvgIpc) is 3.83. The zero-order chi connectivity index (χ0) is 41.7. The summed E-state index contributed by atoms with van der Waals surface area (Å²) in [5, 5.41) is 11.2. The minimum absolute atomic E-state index is 0.0507. The molecule has 58 heavy (non-hydrogen) atoms. The summed E-state index contributed by atoms with van der Waals surface area (Å²) in [7, 11) is 0. The maximum absolute atomic E-state index is 14.8. The van der Waals surface area contributed by atoms with Crippen LogP contribution in [0.15, 0.2) is 60.7 Å². The van der Waals surface area contributed by atoms with E-state index < -0.39 is 71.5 Å². The zero-order valence-electron chi connectivity index (χ0n) is 33.8. The van der Waals surface area contributed by atoms with Gasteiger partial charge in [0.05, 0.1) is 12.7 Å². The number of carbonyl (C=O) groups is 7. The number of hydrogen-bond donors (Lipinski definition) is 4. The lowest BCUT2D eigenvalue weighted by molar-refractivity contribution is -0.155. The summed E-state index contributed by atoms with van der Waals surface area (Å²) in [5.41, 5.74) is 2.35. The Bertz CT molecular complexity index is 1940. The molecule has 6 rings (SSSR count). The Hall–Kier alpha value is -5.57. The van der Waals surface area contributed by atoms with Crippen molar-refractivity contribution < 1.29 is 38.3 Å². The smallest absolute Gasteiger partial charge is 0.319 e. The highest BCUT2D eigenvalue weighted by atomic mass is 16.5. The van der Waals surface area contributed by atoms with Crippen LogP contribution in [0.4, 0.5) is 10.5 Å². The van der Waals surface area contributed by atoms with Gasteiger partial charge in [-0.05, 0) is 77.5 Å². The van der Waals surface area contributed by atoms with E-state index in [9.17, 15) is 33.6 Å². The lowest BCUT2D eigenvalue weighted by Crippen LogP contribution is -2.64. The van der Waals surface area contributed by atoms with Crippen LogP contribution in [0.1, 0.15) is 69.1 Å². The van der Waals surface area contributed by atoms with Crippen LogP contribution in [0, 0.1) is 13.8 Å². The highest BCUT2D eigenvalue weighted by Gasteiger charge is 2.50. The summed E-state index contributed by atoms with van der Waals surface area (Å²) in [6.07, 6.45) is 2.34. The van der Waals surface area contributed by atoms with Crippen LogP contribution < -0.4 is 21.3 Å². The highest BCUT2D eigenvalue weighted by molar-refractivity contribution is 5.98. The van der Waals surface area contributed by atoms with Crippen molar-refractivity contribution in [3.05, 3.63) is 77.4 Å². The van der Waals surface area contributed by atoms with Gasteiger partial charge in [-0.15, -0.1) is 0 Å². The van der Waals surface area contributed by atoms with Gasteiger partial charge in [0, 0.05) is 38.2 Å². The van der Waals surface area contributed by atoms with E-state index in [0.717, 1.165) is 16.7 Å². The number of benzene rings is 2. The molecule has 2 aromatic rings. The summed E-state index contributed by atoms with van der Waals surface area (Å²) in [6, 6.07) is 8.72. The molecular weight excluding hydrogens is 743 g/mol. The van der Waals surface area contributed by atoms with E-state index in [1.54, 1.807) is 26.0 Å². The number of fused-ring (bicyclic) bond motifs is 3. The van der Waals surface area contributed by atoms with Crippen LogP contribution in [0.25, 0.3) is 0 Å². The molecule has 2 aromatic carbocycles. The van der Waals surface area contributed by atoms with E-state index in [-0.39, 0.29) is 38.4 Å². The number of ether oxygens (including phenoxy) is 1. The number of aryl methyl sites for hydroxylation is 2. The highest BCUT2D eigenvalue weighted by Crippen LogP contribution is 2.33. The Balaban J connectivity index is 1.34. The molecule has 0 radical (unpaired) electrons. The standard InChI is InChI=1S/C43H55N7O8/c1-26-14-16-32(17-15-26)45-42(57)46-33(21-31-11-8-10-27(2)20-31)37(52)47-36-30(5)58-25-43(24-51)22-28(3)23-50(43)39(54)29(4)44-38(53)34-12-6-7-18-48(34)40(55)35-13-9-19-49(35)41(36)56/h8,10-11,14-17,20,24,29-30,33-36H,3,6-7,9,12-13,18-19,21-23,25H2,1-2,4-5H3,(H,44,53)(H,47,52)(H2,45,46,57)/t29-,30-,33-,34-,35-,36-,43?/m0/s1. The molecule has 4 aliphatic rings. The number of urea groups is 1. The average molecular weight is 798 g/mol. The number of nitrogens with one attached hydrogen (secondary N) is 4. The van der Waals surface area contributed by atoms with E-state index in [2.05, 4.69) is 27.8 Å². The molecule has 0 saturated carbocycles. The Morgan fingerprint density at radius 3 is 2.36 bits per heavy atom. The Morgan fingerprint density at radius 1 is 0.931 bits per heavy atom. The number of aldehydes is 1. The van der Waals surface area contributed by atoms with Crippen LogP contribution >= 0.6 is 0 Å². The number of carbonyl (C=O) groups excluding carboxylic acids is 7. The summed E-state index contributed by atoms with van der Waals surface area (Å²) in [6.45, 7) is 11.3. The summed E-state index contributed by atoms with van der Waals surface area (Å²) in [5.74, 6) is -2.65. The van der Waals surface area contributed by atoms with Crippen molar-refractivity contribution in [2.75, 3.05) is 31.6 Å². The van der Waals surface area contributed by atoms with Gasteiger partial charge in [-0.2, -0.15) is 0 Å². The third kappa shape index (κ3) is 9.25. The molecule has 0 aromatic heterocycles. The van der Waals surface area contributed by atoms with Gasteiger partial charge in [0.15, 0.2) is 0 Å². The minimum atomic E-state index is -1.50. The first-order chi connectivity index (χ1) is 27.7. The molecule has 15 nitrogen and oxygen atoms in total. The van der Waals surface area contributed by atoms with E-state index in [0.29, 0.717) is 56.2 Å². The van der Waals surface area contributed by atoms with Gasteiger partial charge in [0.2, 0.25) is 29.5 Å². The quantitative estimate of drug-likeness (QED) is 0.243. The van der Waals surface area contributed by atoms with Crippen molar-refractivity contribution >= 4 is 47.5 Å². The number of anilines is 1. The number of piperidine rings is 1. The molecule has 4 saturated heterocycles. The topological polar surface area (TPSA) is 187 Å². The second-order valence-corrected chi connectivity index (χ2v) is 16.2. The first-order valence-electron chi connectivity index (χ1n) is 20.2. The molecule has 310 valence electrons.